The average Bonchev–Trinajstić information content (AvgIpc) is 2.86. The van der Waals surface area contributed by atoms with Crippen LogP contribution < -0.4 is 34.1 Å². The number of esters is 2. The van der Waals surface area contributed by atoms with Crippen molar-refractivity contribution in [3.8, 4) is 28.7 Å². The van der Waals surface area contributed by atoms with Gasteiger partial charge >= 0.3 is 11.9 Å². The van der Waals surface area contributed by atoms with E-state index >= 15 is 0 Å². The first-order valence-corrected chi connectivity index (χ1v) is 13.9. The Labute approximate surface area is 222 Å². The molecule has 11 nitrogen and oxygen atoms in total. The molecule has 1 aliphatic heterocycles. The SMILES string of the molecule is CCOc1ccccc1OCCN[C@H](C)Cc1cc(S(N)(=O)=O)c(OC)c2c1OC(=O)CCCCC(=O)O2. The first-order chi connectivity index (χ1) is 18.1. The van der Waals surface area contributed by atoms with E-state index in [1.807, 2.05) is 38.1 Å². The standard InChI is InChI=1S/C26H34N2O9S/c1-4-34-19-9-5-6-10-20(19)35-14-13-28-17(2)15-18-16-21(38(27,31)32)25(33-3)26-24(18)36-22(29)11-7-8-12-23(30)37-26/h5-6,9-10,16-17,28H,4,7-8,11-15H2,1-3H3,(H2,27,31,32)/t17-/m1/s1. The molecule has 0 aromatic heterocycles. The van der Waals surface area contributed by atoms with Crippen molar-refractivity contribution in [2.24, 2.45) is 5.14 Å². The number of nitrogens with one attached hydrogen (secondary N) is 1. The second-order valence-electron chi connectivity index (χ2n) is 8.71. The zero-order valence-electron chi connectivity index (χ0n) is 21.8. The van der Waals surface area contributed by atoms with Gasteiger partial charge in [-0.1, -0.05) is 12.1 Å². The van der Waals surface area contributed by atoms with E-state index in [1.165, 1.54) is 13.2 Å². The number of nitrogens with two attached hydrogens (primary N) is 1. The molecule has 0 saturated carbocycles. The first-order valence-electron chi connectivity index (χ1n) is 12.4. The van der Waals surface area contributed by atoms with Gasteiger partial charge in [0.25, 0.3) is 0 Å². The molecule has 2 aromatic carbocycles. The number of fused-ring (bicyclic) bond motifs is 1. The Morgan fingerprint density at radius 1 is 1.03 bits per heavy atom. The summed E-state index contributed by atoms with van der Waals surface area (Å²) in [7, 11) is -3.06. The van der Waals surface area contributed by atoms with E-state index in [0.717, 1.165) is 0 Å². The first kappa shape index (κ1) is 29.2. The Balaban J connectivity index is 1.84. The fourth-order valence-corrected chi connectivity index (χ4v) is 4.73. The third kappa shape index (κ3) is 7.83. The Hall–Kier alpha value is -3.35. The largest absolute Gasteiger partial charge is 0.491 e. The summed E-state index contributed by atoms with van der Waals surface area (Å²) in [6.45, 7) is 5.07. The molecule has 0 aliphatic carbocycles. The number of ether oxygens (including phenoxy) is 5. The summed E-state index contributed by atoms with van der Waals surface area (Å²) < 4.78 is 52.5. The van der Waals surface area contributed by atoms with Crippen molar-refractivity contribution < 1.29 is 41.7 Å². The van der Waals surface area contributed by atoms with Crippen molar-refractivity contribution >= 4 is 22.0 Å². The van der Waals surface area contributed by atoms with Crippen LogP contribution in [0.3, 0.4) is 0 Å². The third-order valence-electron chi connectivity index (χ3n) is 5.71. The topological polar surface area (TPSA) is 152 Å². The molecule has 12 heteroatoms. The molecular weight excluding hydrogens is 516 g/mol. The summed E-state index contributed by atoms with van der Waals surface area (Å²) in [6, 6.07) is 8.42. The molecule has 2 aromatic rings. The summed E-state index contributed by atoms with van der Waals surface area (Å²) in [5.74, 6) is -0.497. The predicted octanol–water partition coefficient (Wildman–Crippen LogP) is 2.73. The zero-order valence-corrected chi connectivity index (χ0v) is 22.6. The highest BCUT2D eigenvalue weighted by atomic mass is 32.2. The van der Waals surface area contributed by atoms with Gasteiger partial charge in [0.1, 0.15) is 11.5 Å². The van der Waals surface area contributed by atoms with Crippen molar-refractivity contribution in [3.05, 3.63) is 35.9 Å². The van der Waals surface area contributed by atoms with Crippen LogP contribution in [0, 0.1) is 0 Å². The maximum absolute atomic E-state index is 12.5. The molecule has 0 bridgehead atoms. The molecule has 1 heterocycles. The Morgan fingerprint density at radius 3 is 2.21 bits per heavy atom. The lowest BCUT2D eigenvalue weighted by Gasteiger charge is -2.22. The molecule has 1 atom stereocenters. The molecule has 3 N–H and O–H groups in total. The van der Waals surface area contributed by atoms with Crippen molar-refractivity contribution in [2.45, 2.75) is 56.9 Å². The molecule has 0 amide bonds. The maximum atomic E-state index is 12.5. The Kier molecular flexibility index (Phi) is 10.3. The molecule has 0 fully saturated rings. The second-order valence-corrected chi connectivity index (χ2v) is 10.2. The van der Waals surface area contributed by atoms with E-state index in [0.29, 0.717) is 49.7 Å². The minimum absolute atomic E-state index is 0.0508. The van der Waals surface area contributed by atoms with E-state index in [1.54, 1.807) is 0 Å². The van der Waals surface area contributed by atoms with Crippen LogP contribution in [0.5, 0.6) is 28.7 Å². The molecule has 0 radical (unpaired) electrons. The van der Waals surface area contributed by atoms with Gasteiger partial charge in [0.2, 0.25) is 15.8 Å². The molecule has 208 valence electrons. The highest BCUT2D eigenvalue weighted by molar-refractivity contribution is 7.89. The second kappa shape index (κ2) is 13.4. The van der Waals surface area contributed by atoms with Crippen molar-refractivity contribution in [2.75, 3.05) is 26.9 Å². The van der Waals surface area contributed by atoms with Gasteiger partial charge in [0.15, 0.2) is 23.0 Å². The van der Waals surface area contributed by atoms with E-state index in [9.17, 15) is 18.0 Å². The molecule has 1 aliphatic rings. The number of carbonyl (C=O) groups is 2. The number of hydrogen-bond donors (Lipinski definition) is 2. The van der Waals surface area contributed by atoms with Gasteiger partial charge in [0, 0.05) is 31.0 Å². The van der Waals surface area contributed by atoms with Gasteiger partial charge < -0.3 is 29.0 Å². The lowest BCUT2D eigenvalue weighted by Crippen LogP contribution is -2.32. The van der Waals surface area contributed by atoms with Crippen LogP contribution in [-0.4, -0.2) is 53.3 Å². The van der Waals surface area contributed by atoms with Crippen LogP contribution in [0.1, 0.15) is 45.1 Å². The van der Waals surface area contributed by atoms with Gasteiger partial charge in [-0.25, -0.2) is 13.6 Å². The molecule has 3 rings (SSSR count). The summed E-state index contributed by atoms with van der Waals surface area (Å²) >= 11 is 0. The lowest BCUT2D eigenvalue weighted by molar-refractivity contribution is -0.138. The zero-order chi connectivity index (χ0) is 27.7. The van der Waals surface area contributed by atoms with Crippen LogP contribution in [0.25, 0.3) is 0 Å². The van der Waals surface area contributed by atoms with Crippen molar-refractivity contribution in [3.63, 3.8) is 0 Å². The lowest BCUT2D eigenvalue weighted by atomic mass is 10.0. The minimum Gasteiger partial charge on any atom is -0.491 e. The maximum Gasteiger partial charge on any atom is 0.311 e. The number of methoxy groups -OCH3 is 1. The van der Waals surface area contributed by atoms with Crippen molar-refractivity contribution in [1.82, 2.24) is 5.32 Å². The van der Waals surface area contributed by atoms with E-state index in [2.05, 4.69) is 5.32 Å². The monoisotopic (exact) mass is 550 g/mol. The highest BCUT2D eigenvalue weighted by Crippen LogP contribution is 2.45. The Bertz CT molecular complexity index is 1250. The Morgan fingerprint density at radius 2 is 1.63 bits per heavy atom. The van der Waals surface area contributed by atoms with Crippen LogP contribution in [0.4, 0.5) is 0 Å². The fraction of sp³-hybridized carbons (Fsp3) is 0.462. The van der Waals surface area contributed by atoms with Gasteiger partial charge in [-0.3, -0.25) is 9.59 Å². The predicted molar refractivity (Wildman–Crippen MR) is 138 cm³/mol. The average molecular weight is 551 g/mol. The van der Waals surface area contributed by atoms with Crippen LogP contribution >= 0.6 is 0 Å². The summed E-state index contributed by atoms with van der Waals surface area (Å²) in [5, 5.41) is 8.73. The molecule has 38 heavy (non-hydrogen) atoms. The minimum atomic E-state index is -4.28. The molecule has 0 spiro atoms. The van der Waals surface area contributed by atoms with E-state index in [-0.39, 0.29) is 47.4 Å². The number of primary sulfonamides is 1. The number of para-hydroxylation sites is 2. The molecular formula is C26H34N2O9S. The van der Waals surface area contributed by atoms with Crippen LogP contribution in [-0.2, 0) is 26.0 Å². The normalized spacial score (nSPS) is 15.1. The van der Waals surface area contributed by atoms with E-state index in [4.69, 9.17) is 28.8 Å². The number of sulfonamides is 1. The number of hydrogen-bond acceptors (Lipinski definition) is 10. The van der Waals surface area contributed by atoms with Gasteiger partial charge in [-0.05, 0) is 51.3 Å². The van der Waals surface area contributed by atoms with Gasteiger partial charge in [0.05, 0.1) is 13.7 Å². The third-order valence-corrected chi connectivity index (χ3v) is 6.63. The van der Waals surface area contributed by atoms with Gasteiger partial charge in [-0.2, -0.15) is 0 Å². The summed E-state index contributed by atoms with van der Waals surface area (Å²) in [6.07, 6.45) is 1.24. The van der Waals surface area contributed by atoms with E-state index < -0.39 is 22.0 Å². The number of carbonyl (C=O) groups excluding carboxylic acids is 2. The van der Waals surface area contributed by atoms with Crippen molar-refractivity contribution in [1.29, 1.82) is 0 Å². The molecule has 0 saturated heterocycles. The summed E-state index contributed by atoms with van der Waals surface area (Å²) in [5.41, 5.74) is 0.314. The fourth-order valence-electron chi connectivity index (χ4n) is 3.99. The summed E-state index contributed by atoms with van der Waals surface area (Å²) in [4.78, 5) is 24.5. The van der Waals surface area contributed by atoms with Crippen LogP contribution in [0.15, 0.2) is 35.2 Å². The quantitative estimate of drug-likeness (QED) is 0.243. The number of benzene rings is 2. The number of rotatable bonds is 11. The smallest absolute Gasteiger partial charge is 0.311 e. The van der Waals surface area contributed by atoms with Crippen LogP contribution in [0.2, 0.25) is 0 Å². The highest BCUT2D eigenvalue weighted by Gasteiger charge is 2.30. The van der Waals surface area contributed by atoms with Gasteiger partial charge in [-0.15, -0.1) is 0 Å². The molecule has 0 unspecified atom stereocenters.